The van der Waals surface area contributed by atoms with Gasteiger partial charge in [0.25, 0.3) is 5.91 Å². The minimum absolute atomic E-state index is 0.0281. The van der Waals surface area contributed by atoms with E-state index in [4.69, 9.17) is 9.47 Å². The van der Waals surface area contributed by atoms with E-state index >= 15 is 0 Å². The van der Waals surface area contributed by atoms with Gasteiger partial charge in [-0.1, -0.05) is 0 Å². The Morgan fingerprint density at radius 3 is 2.75 bits per heavy atom. The van der Waals surface area contributed by atoms with E-state index in [9.17, 15) is 4.79 Å². The lowest BCUT2D eigenvalue weighted by molar-refractivity contribution is 0.0905. The highest BCUT2D eigenvalue weighted by Gasteiger charge is 2.09. The van der Waals surface area contributed by atoms with Gasteiger partial charge in [-0.3, -0.25) is 4.79 Å². The second kappa shape index (κ2) is 6.07. The molecule has 1 aromatic heterocycles. The molecule has 5 nitrogen and oxygen atoms in total. The van der Waals surface area contributed by atoms with Crippen LogP contribution >= 0.6 is 0 Å². The molecule has 1 unspecified atom stereocenters. The number of methoxy groups -OCH3 is 2. The van der Waals surface area contributed by atoms with Crippen LogP contribution in [0.25, 0.3) is 0 Å². The molecule has 0 aliphatic heterocycles. The van der Waals surface area contributed by atoms with Crippen LogP contribution in [0.15, 0.2) is 18.3 Å². The maximum atomic E-state index is 11.7. The lowest BCUT2D eigenvalue weighted by Gasteiger charge is -2.12. The molecule has 1 N–H and O–H groups in total. The highest BCUT2D eigenvalue weighted by molar-refractivity contribution is 5.94. The van der Waals surface area contributed by atoms with Crippen LogP contribution in [0, 0.1) is 0 Å². The third-order valence-corrected chi connectivity index (χ3v) is 2.00. The van der Waals surface area contributed by atoms with Gasteiger partial charge in [-0.15, -0.1) is 0 Å². The number of amides is 1. The Hall–Kier alpha value is -1.62. The monoisotopic (exact) mass is 224 g/mol. The van der Waals surface area contributed by atoms with E-state index in [0.29, 0.717) is 18.1 Å². The predicted octanol–water partition coefficient (Wildman–Crippen LogP) is 0.855. The molecule has 1 heterocycles. The van der Waals surface area contributed by atoms with Crippen molar-refractivity contribution in [1.82, 2.24) is 10.3 Å². The van der Waals surface area contributed by atoms with Gasteiger partial charge < -0.3 is 14.8 Å². The van der Waals surface area contributed by atoms with Gasteiger partial charge in [0, 0.05) is 25.4 Å². The van der Waals surface area contributed by atoms with Crippen molar-refractivity contribution in [1.29, 1.82) is 0 Å². The first-order chi connectivity index (χ1) is 7.67. The van der Waals surface area contributed by atoms with Crippen molar-refractivity contribution in [2.24, 2.45) is 0 Å². The number of pyridine rings is 1. The Morgan fingerprint density at radius 2 is 2.25 bits per heavy atom. The summed E-state index contributed by atoms with van der Waals surface area (Å²) in [5.41, 5.74) is 0.503. The Labute approximate surface area is 94.8 Å². The van der Waals surface area contributed by atoms with E-state index in [1.165, 1.54) is 13.3 Å². The molecular weight excluding hydrogens is 208 g/mol. The first-order valence-corrected chi connectivity index (χ1v) is 4.97. The standard InChI is InChI=1S/C11H16N2O3/c1-8(7-15-2)13-11(14)9-4-5-10(16-3)12-6-9/h4-6,8H,7H2,1-3H3,(H,13,14). The molecular formula is C11H16N2O3. The highest BCUT2D eigenvalue weighted by Crippen LogP contribution is 2.06. The van der Waals surface area contributed by atoms with E-state index < -0.39 is 0 Å². The van der Waals surface area contributed by atoms with Crippen molar-refractivity contribution in [2.75, 3.05) is 20.8 Å². The molecule has 0 fully saturated rings. The number of nitrogens with zero attached hydrogens (tertiary/aromatic N) is 1. The van der Waals surface area contributed by atoms with E-state index in [2.05, 4.69) is 10.3 Å². The van der Waals surface area contributed by atoms with Crippen molar-refractivity contribution >= 4 is 5.91 Å². The fourth-order valence-corrected chi connectivity index (χ4v) is 1.23. The second-order valence-electron chi connectivity index (χ2n) is 3.42. The van der Waals surface area contributed by atoms with Gasteiger partial charge in [-0.25, -0.2) is 4.98 Å². The van der Waals surface area contributed by atoms with Crippen LogP contribution in [-0.4, -0.2) is 37.8 Å². The highest BCUT2D eigenvalue weighted by atomic mass is 16.5. The normalized spacial score (nSPS) is 11.9. The number of hydrogen-bond acceptors (Lipinski definition) is 4. The molecule has 0 bridgehead atoms. The summed E-state index contributed by atoms with van der Waals surface area (Å²) in [6.07, 6.45) is 1.48. The largest absolute Gasteiger partial charge is 0.481 e. The van der Waals surface area contributed by atoms with Crippen LogP contribution in [-0.2, 0) is 4.74 Å². The molecule has 0 aliphatic rings. The minimum atomic E-state index is -0.167. The molecule has 0 saturated heterocycles. The van der Waals surface area contributed by atoms with E-state index in [1.54, 1.807) is 19.2 Å². The molecule has 1 atom stereocenters. The molecule has 1 amide bonds. The number of carbonyl (C=O) groups excluding carboxylic acids is 1. The average Bonchev–Trinajstić information content (AvgIpc) is 2.29. The van der Waals surface area contributed by atoms with Crippen molar-refractivity contribution in [2.45, 2.75) is 13.0 Å². The number of nitrogens with one attached hydrogen (secondary N) is 1. The Bertz CT molecular complexity index is 338. The zero-order valence-corrected chi connectivity index (χ0v) is 9.69. The Kier molecular flexibility index (Phi) is 4.72. The summed E-state index contributed by atoms with van der Waals surface area (Å²) in [7, 11) is 3.13. The number of rotatable bonds is 5. The van der Waals surface area contributed by atoms with Gasteiger partial charge in [0.15, 0.2) is 0 Å². The summed E-state index contributed by atoms with van der Waals surface area (Å²) in [6, 6.07) is 3.29. The molecule has 88 valence electrons. The summed E-state index contributed by atoms with van der Waals surface area (Å²) in [6.45, 7) is 2.35. The number of carbonyl (C=O) groups is 1. The maximum Gasteiger partial charge on any atom is 0.253 e. The van der Waals surface area contributed by atoms with E-state index in [0.717, 1.165) is 0 Å². The molecule has 5 heteroatoms. The van der Waals surface area contributed by atoms with Gasteiger partial charge in [0.2, 0.25) is 5.88 Å². The SMILES string of the molecule is COCC(C)NC(=O)c1ccc(OC)nc1. The van der Waals surface area contributed by atoms with Crippen molar-refractivity contribution < 1.29 is 14.3 Å². The van der Waals surface area contributed by atoms with Crippen LogP contribution in [0.3, 0.4) is 0 Å². The first kappa shape index (κ1) is 12.4. The molecule has 0 saturated carbocycles. The molecule has 0 spiro atoms. The van der Waals surface area contributed by atoms with E-state index in [1.807, 2.05) is 6.92 Å². The van der Waals surface area contributed by atoms with Crippen LogP contribution < -0.4 is 10.1 Å². The van der Waals surface area contributed by atoms with Crippen LogP contribution in [0.5, 0.6) is 5.88 Å². The van der Waals surface area contributed by atoms with Crippen LogP contribution in [0.2, 0.25) is 0 Å². The van der Waals surface area contributed by atoms with Crippen molar-refractivity contribution in [3.63, 3.8) is 0 Å². The van der Waals surface area contributed by atoms with Crippen LogP contribution in [0.1, 0.15) is 17.3 Å². The first-order valence-electron chi connectivity index (χ1n) is 4.97. The maximum absolute atomic E-state index is 11.7. The lowest BCUT2D eigenvalue weighted by Crippen LogP contribution is -2.35. The van der Waals surface area contributed by atoms with Gasteiger partial charge in [-0.05, 0) is 13.0 Å². The van der Waals surface area contributed by atoms with Gasteiger partial charge >= 0.3 is 0 Å². The quantitative estimate of drug-likeness (QED) is 0.805. The average molecular weight is 224 g/mol. The number of ether oxygens (including phenoxy) is 2. The summed E-state index contributed by atoms with van der Waals surface area (Å²) in [4.78, 5) is 15.6. The fourth-order valence-electron chi connectivity index (χ4n) is 1.23. The third kappa shape index (κ3) is 3.51. The lowest BCUT2D eigenvalue weighted by atomic mass is 10.2. The molecule has 0 aromatic carbocycles. The molecule has 1 rings (SSSR count). The molecule has 0 radical (unpaired) electrons. The van der Waals surface area contributed by atoms with Gasteiger partial charge in [-0.2, -0.15) is 0 Å². The topological polar surface area (TPSA) is 60.5 Å². The summed E-state index contributed by atoms with van der Waals surface area (Å²) in [5, 5.41) is 2.79. The molecule has 1 aromatic rings. The zero-order chi connectivity index (χ0) is 12.0. The van der Waals surface area contributed by atoms with Gasteiger partial charge in [0.05, 0.1) is 19.3 Å². The molecule has 16 heavy (non-hydrogen) atoms. The zero-order valence-electron chi connectivity index (χ0n) is 9.69. The fraction of sp³-hybridized carbons (Fsp3) is 0.455. The molecule has 0 aliphatic carbocycles. The number of aromatic nitrogens is 1. The second-order valence-corrected chi connectivity index (χ2v) is 3.42. The van der Waals surface area contributed by atoms with E-state index in [-0.39, 0.29) is 11.9 Å². The third-order valence-electron chi connectivity index (χ3n) is 2.00. The van der Waals surface area contributed by atoms with Gasteiger partial charge in [0.1, 0.15) is 0 Å². The Morgan fingerprint density at radius 1 is 1.50 bits per heavy atom. The van der Waals surface area contributed by atoms with Crippen molar-refractivity contribution in [3.05, 3.63) is 23.9 Å². The van der Waals surface area contributed by atoms with Crippen LogP contribution in [0.4, 0.5) is 0 Å². The summed E-state index contributed by atoms with van der Waals surface area (Å²) < 4.78 is 9.83. The predicted molar refractivity (Wildman–Crippen MR) is 59.6 cm³/mol. The minimum Gasteiger partial charge on any atom is -0.481 e. The smallest absolute Gasteiger partial charge is 0.253 e. The summed E-state index contributed by atoms with van der Waals surface area (Å²) >= 11 is 0. The number of hydrogen-bond donors (Lipinski definition) is 1. The Balaban J connectivity index is 2.59. The van der Waals surface area contributed by atoms with Crippen molar-refractivity contribution in [3.8, 4) is 5.88 Å². The summed E-state index contributed by atoms with van der Waals surface area (Å²) in [5.74, 6) is 0.321.